The predicted molar refractivity (Wildman–Crippen MR) is 75.6 cm³/mol. The van der Waals surface area contributed by atoms with Crippen LogP contribution in [0.4, 0.5) is 5.82 Å². The van der Waals surface area contributed by atoms with Crippen molar-refractivity contribution in [1.82, 2.24) is 9.97 Å². The minimum absolute atomic E-state index is 0.515. The van der Waals surface area contributed by atoms with Gasteiger partial charge in [-0.2, -0.15) is 0 Å². The van der Waals surface area contributed by atoms with Gasteiger partial charge in [0.2, 0.25) is 0 Å². The third-order valence-electron chi connectivity index (χ3n) is 2.50. The summed E-state index contributed by atoms with van der Waals surface area (Å²) in [5.74, 6) is 2.54. The Morgan fingerprint density at radius 1 is 1.16 bits per heavy atom. The van der Waals surface area contributed by atoms with Crippen LogP contribution in [0.1, 0.15) is 5.69 Å². The standard InChI is InChI=1S/C13H15N3O2S/c1-17-11-5-6-15-10(13(11)18-2)8-19-9-3-4-12(14)16-7-9/h3-7H,8H2,1-2H3,(H2,14,16). The molecule has 2 aromatic heterocycles. The molecule has 0 saturated heterocycles. The number of aromatic nitrogens is 2. The van der Waals surface area contributed by atoms with E-state index in [4.69, 9.17) is 15.2 Å². The maximum atomic E-state index is 5.55. The van der Waals surface area contributed by atoms with Crippen LogP contribution in [0.25, 0.3) is 0 Å². The summed E-state index contributed by atoms with van der Waals surface area (Å²) in [6, 6.07) is 5.48. The molecule has 0 aromatic carbocycles. The molecule has 0 spiro atoms. The third-order valence-corrected chi connectivity index (χ3v) is 3.49. The van der Waals surface area contributed by atoms with Gasteiger partial charge in [0.15, 0.2) is 11.5 Å². The number of anilines is 1. The molecular formula is C13H15N3O2S. The molecule has 2 aromatic rings. The van der Waals surface area contributed by atoms with Crippen molar-refractivity contribution in [1.29, 1.82) is 0 Å². The molecule has 2 N–H and O–H groups in total. The molecule has 2 heterocycles. The predicted octanol–water partition coefficient (Wildman–Crippen LogP) is 2.37. The van der Waals surface area contributed by atoms with Crippen LogP contribution >= 0.6 is 11.8 Å². The van der Waals surface area contributed by atoms with E-state index in [1.54, 1.807) is 50.5 Å². The number of nitrogens with zero attached hydrogens (tertiary/aromatic N) is 2. The van der Waals surface area contributed by atoms with Crippen molar-refractivity contribution < 1.29 is 9.47 Å². The van der Waals surface area contributed by atoms with E-state index in [1.165, 1.54) is 0 Å². The van der Waals surface area contributed by atoms with Gasteiger partial charge in [0.05, 0.1) is 19.9 Å². The van der Waals surface area contributed by atoms with Crippen molar-refractivity contribution in [3.63, 3.8) is 0 Å². The molecule has 0 saturated carbocycles. The lowest BCUT2D eigenvalue weighted by molar-refractivity contribution is 0.350. The van der Waals surface area contributed by atoms with Crippen molar-refractivity contribution >= 4 is 17.6 Å². The van der Waals surface area contributed by atoms with Gasteiger partial charge in [0.25, 0.3) is 0 Å². The van der Waals surface area contributed by atoms with Crippen LogP contribution in [0.5, 0.6) is 11.5 Å². The third kappa shape index (κ3) is 3.29. The molecule has 6 heteroatoms. The molecule has 0 aliphatic carbocycles. The van der Waals surface area contributed by atoms with Gasteiger partial charge in [0, 0.05) is 29.1 Å². The summed E-state index contributed by atoms with van der Waals surface area (Å²) >= 11 is 1.61. The van der Waals surface area contributed by atoms with E-state index in [1.807, 2.05) is 6.07 Å². The fourth-order valence-corrected chi connectivity index (χ4v) is 2.38. The fourth-order valence-electron chi connectivity index (χ4n) is 1.58. The summed E-state index contributed by atoms with van der Waals surface area (Å²) in [5, 5.41) is 0. The summed E-state index contributed by atoms with van der Waals surface area (Å²) in [6.45, 7) is 0. The number of methoxy groups -OCH3 is 2. The Morgan fingerprint density at radius 3 is 2.63 bits per heavy atom. The van der Waals surface area contributed by atoms with Crippen LogP contribution in [0.15, 0.2) is 35.5 Å². The average Bonchev–Trinajstić information content (AvgIpc) is 2.46. The van der Waals surface area contributed by atoms with E-state index >= 15 is 0 Å². The maximum Gasteiger partial charge on any atom is 0.183 e. The summed E-state index contributed by atoms with van der Waals surface area (Å²) < 4.78 is 10.6. The zero-order valence-corrected chi connectivity index (χ0v) is 11.6. The summed E-state index contributed by atoms with van der Waals surface area (Å²) in [7, 11) is 3.22. The van der Waals surface area contributed by atoms with E-state index in [9.17, 15) is 0 Å². The minimum atomic E-state index is 0.515. The first-order chi connectivity index (χ1) is 9.24. The average molecular weight is 277 g/mol. The summed E-state index contributed by atoms with van der Waals surface area (Å²) in [4.78, 5) is 9.40. The monoisotopic (exact) mass is 277 g/mol. The second kappa shape index (κ2) is 6.29. The van der Waals surface area contributed by atoms with Crippen molar-refractivity contribution in [2.24, 2.45) is 0 Å². The smallest absolute Gasteiger partial charge is 0.183 e. The Morgan fingerprint density at radius 2 is 2.00 bits per heavy atom. The van der Waals surface area contributed by atoms with Gasteiger partial charge in [0.1, 0.15) is 5.82 Å². The highest BCUT2D eigenvalue weighted by molar-refractivity contribution is 7.98. The number of pyridine rings is 2. The van der Waals surface area contributed by atoms with E-state index in [0.717, 1.165) is 10.6 Å². The Balaban J connectivity index is 2.13. The van der Waals surface area contributed by atoms with E-state index < -0.39 is 0 Å². The Kier molecular flexibility index (Phi) is 4.46. The van der Waals surface area contributed by atoms with Gasteiger partial charge in [-0.15, -0.1) is 11.8 Å². The van der Waals surface area contributed by atoms with Gasteiger partial charge in [-0.25, -0.2) is 4.98 Å². The largest absolute Gasteiger partial charge is 0.493 e. The van der Waals surface area contributed by atoms with Crippen LogP contribution < -0.4 is 15.2 Å². The highest BCUT2D eigenvalue weighted by atomic mass is 32.2. The van der Waals surface area contributed by atoms with Gasteiger partial charge in [-0.1, -0.05) is 0 Å². The molecule has 100 valence electrons. The highest BCUT2D eigenvalue weighted by Gasteiger charge is 2.11. The minimum Gasteiger partial charge on any atom is -0.493 e. The number of thioether (sulfide) groups is 1. The second-order valence-electron chi connectivity index (χ2n) is 3.70. The lowest BCUT2D eigenvalue weighted by Gasteiger charge is -2.11. The Hall–Kier alpha value is -1.95. The molecule has 0 atom stereocenters. The number of hydrogen-bond acceptors (Lipinski definition) is 6. The molecule has 0 unspecified atom stereocenters. The summed E-state index contributed by atoms with van der Waals surface area (Å²) in [6.07, 6.45) is 3.45. The molecule has 0 aliphatic heterocycles. The highest BCUT2D eigenvalue weighted by Crippen LogP contribution is 2.33. The number of hydrogen-bond donors (Lipinski definition) is 1. The van der Waals surface area contributed by atoms with E-state index in [-0.39, 0.29) is 0 Å². The first kappa shape index (κ1) is 13.5. The lowest BCUT2D eigenvalue weighted by Crippen LogP contribution is -1.97. The molecule has 2 rings (SSSR count). The number of ether oxygens (including phenoxy) is 2. The van der Waals surface area contributed by atoms with Crippen molar-refractivity contribution in [3.8, 4) is 11.5 Å². The van der Waals surface area contributed by atoms with Gasteiger partial charge < -0.3 is 15.2 Å². The zero-order valence-electron chi connectivity index (χ0n) is 10.8. The van der Waals surface area contributed by atoms with Crippen LogP contribution in [-0.2, 0) is 5.75 Å². The van der Waals surface area contributed by atoms with Gasteiger partial charge >= 0.3 is 0 Å². The number of rotatable bonds is 5. The quantitative estimate of drug-likeness (QED) is 0.846. The molecule has 5 nitrogen and oxygen atoms in total. The molecule has 0 radical (unpaired) electrons. The first-order valence-corrected chi connectivity index (χ1v) is 6.63. The van der Waals surface area contributed by atoms with Crippen LogP contribution in [0, 0.1) is 0 Å². The van der Waals surface area contributed by atoms with Gasteiger partial charge in [-0.05, 0) is 12.1 Å². The fraction of sp³-hybridized carbons (Fsp3) is 0.231. The van der Waals surface area contributed by atoms with Crippen molar-refractivity contribution in [2.75, 3.05) is 20.0 Å². The van der Waals surface area contributed by atoms with E-state index in [0.29, 0.717) is 23.1 Å². The Bertz CT molecular complexity index is 546. The molecule has 0 fully saturated rings. The normalized spacial score (nSPS) is 10.2. The number of nitrogens with two attached hydrogens (primary N) is 1. The Labute approximate surface area is 116 Å². The van der Waals surface area contributed by atoms with Crippen molar-refractivity contribution in [3.05, 3.63) is 36.3 Å². The number of nitrogen functional groups attached to an aromatic ring is 1. The zero-order chi connectivity index (χ0) is 13.7. The lowest BCUT2D eigenvalue weighted by atomic mass is 10.3. The van der Waals surface area contributed by atoms with Crippen molar-refractivity contribution in [2.45, 2.75) is 10.6 Å². The second-order valence-corrected chi connectivity index (χ2v) is 4.75. The molecule has 0 aliphatic rings. The molecule has 0 bridgehead atoms. The van der Waals surface area contributed by atoms with E-state index in [2.05, 4.69) is 9.97 Å². The molecule has 0 amide bonds. The van der Waals surface area contributed by atoms with Crippen LogP contribution in [-0.4, -0.2) is 24.2 Å². The molecular weight excluding hydrogens is 262 g/mol. The SMILES string of the molecule is COc1ccnc(CSc2ccc(N)nc2)c1OC. The van der Waals surface area contributed by atoms with Crippen LogP contribution in [0.3, 0.4) is 0 Å². The maximum absolute atomic E-state index is 5.55. The van der Waals surface area contributed by atoms with Crippen LogP contribution in [0.2, 0.25) is 0 Å². The summed E-state index contributed by atoms with van der Waals surface area (Å²) in [5.41, 5.74) is 6.38. The van der Waals surface area contributed by atoms with Gasteiger partial charge in [-0.3, -0.25) is 4.98 Å². The first-order valence-electron chi connectivity index (χ1n) is 5.64. The molecule has 19 heavy (non-hydrogen) atoms. The topological polar surface area (TPSA) is 70.3 Å².